The monoisotopic (exact) mass is 273 g/mol. The van der Waals surface area contributed by atoms with Gasteiger partial charge >= 0.3 is 0 Å². The Morgan fingerprint density at radius 2 is 2.05 bits per heavy atom. The molecule has 0 spiro atoms. The van der Waals surface area contributed by atoms with Crippen LogP contribution in [0.4, 0.5) is 0 Å². The number of nitrogens with one attached hydrogen (secondary N) is 1. The van der Waals surface area contributed by atoms with Crippen LogP contribution in [0.15, 0.2) is 29.1 Å². The van der Waals surface area contributed by atoms with Crippen molar-refractivity contribution in [3.63, 3.8) is 0 Å². The van der Waals surface area contributed by atoms with Crippen molar-refractivity contribution in [1.82, 2.24) is 14.9 Å². The summed E-state index contributed by atoms with van der Waals surface area (Å²) < 4.78 is 1.86. The third kappa shape index (κ3) is 3.25. The van der Waals surface area contributed by atoms with E-state index >= 15 is 0 Å². The molecule has 4 nitrogen and oxygen atoms in total. The van der Waals surface area contributed by atoms with Crippen LogP contribution in [-0.4, -0.2) is 22.6 Å². The maximum Gasteiger partial charge on any atom is 0.272 e. The molecule has 1 unspecified atom stereocenters. The van der Waals surface area contributed by atoms with Gasteiger partial charge in [-0.2, -0.15) is 0 Å². The Balaban J connectivity index is 2.16. The van der Waals surface area contributed by atoms with Crippen LogP contribution in [-0.2, 0) is 6.54 Å². The molecule has 0 bridgehead atoms. The van der Waals surface area contributed by atoms with E-state index < -0.39 is 0 Å². The van der Waals surface area contributed by atoms with Crippen LogP contribution < -0.4 is 10.9 Å². The summed E-state index contributed by atoms with van der Waals surface area (Å²) in [5.41, 5.74) is 2.44. The lowest BCUT2D eigenvalue weighted by molar-refractivity contribution is 0.504. The van der Waals surface area contributed by atoms with E-state index in [1.807, 2.05) is 35.9 Å². The Morgan fingerprint density at radius 3 is 2.80 bits per heavy atom. The largest absolute Gasteiger partial charge is 0.317 e. The van der Waals surface area contributed by atoms with Crippen LogP contribution in [0.1, 0.15) is 31.9 Å². The summed E-state index contributed by atoms with van der Waals surface area (Å²) in [7, 11) is 1.98. The lowest BCUT2D eigenvalue weighted by Gasteiger charge is -2.12. The number of aromatic nitrogens is 2. The molecule has 2 aromatic rings. The minimum absolute atomic E-state index is 0.0327. The molecule has 2 rings (SSSR count). The Kier molecular flexibility index (Phi) is 4.90. The number of para-hydroxylation sites is 2. The van der Waals surface area contributed by atoms with Crippen LogP contribution in [0, 0.1) is 6.92 Å². The van der Waals surface area contributed by atoms with E-state index in [-0.39, 0.29) is 5.56 Å². The van der Waals surface area contributed by atoms with E-state index in [1.165, 1.54) is 0 Å². The summed E-state index contributed by atoms with van der Waals surface area (Å²) in [5.74, 6) is 0. The van der Waals surface area contributed by atoms with Crippen molar-refractivity contribution >= 4 is 11.0 Å². The van der Waals surface area contributed by atoms with Gasteiger partial charge in [0.1, 0.15) is 5.69 Å². The zero-order chi connectivity index (χ0) is 14.5. The first-order valence-electron chi connectivity index (χ1n) is 7.27. The second-order valence-electron chi connectivity index (χ2n) is 5.33. The number of aryl methyl sites for hydroxylation is 2. The SMILES string of the molecule is CNC(C)CCCCn1c(=O)c(C)nc2ccccc21. The molecule has 1 N–H and O–H groups in total. The molecule has 1 atom stereocenters. The molecule has 20 heavy (non-hydrogen) atoms. The quantitative estimate of drug-likeness (QED) is 0.823. The molecule has 0 aliphatic carbocycles. The minimum Gasteiger partial charge on any atom is -0.317 e. The van der Waals surface area contributed by atoms with E-state index in [0.717, 1.165) is 36.8 Å². The lowest BCUT2D eigenvalue weighted by Crippen LogP contribution is -2.25. The fourth-order valence-corrected chi connectivity index (χ4v) is 2.41. The van der Waals surface area contributed by atoms with Crippen LogP contribution in [0.5, 0.6) is 0 Å². The van der Waals surface area contributed by atoms with Crippen LogP contribution >= 0.6 is 0 Å². The van der Waals surface area contributed by atoms with E-state index in [9.17, 15) is 4.79 Å². The number of rotatable bonds is 6. The average molecular weight is 273 g/mol. The highest BCUT2D eigenvalue weighted by molar-refractivity contribution is 5.74. The van der Waals surface area contributed by atoms with Gasteiger partial charge in [0.2, 0.25) is 0 Å². The summed E-state index contributed by atoms with van der Waals surface area (Å²) in [5, 5.41) is 3.24. The molecule has 0 fully saturated rings. The average Bonchev–Trinajstić information content (AvgIpc) is 2.46. The van der Waals surface area contributed by atoms with Crippen LogP contribution in [0.3, 0.4) is 0 Å². The summed E-state index contributed by atoms with van der Waals surface area (Å²) in [6.07, 6.45) is 3.26. The van der Waals surface area contributed by atoms with Gasteiger partial charge in [0, 0.05) is 12.6 Å². The molecule has 0 saturated carbocycles. The maximum atomic E-state index is 12.3. The van der Waals surface area contributed by atoms with E-state index in [2.05, 4.69) is 17.2 Å². The molecule has 1 aromatic carbocycles. The third-order valence-electron chi connectivity index (χ3n) is 3.78. The lowest BCUT2D eigenvalue weighted by atomic mass is 10.1. The van der Waals surface area contributed by atoms with Crippen molar-refractivity contribution in [3.8, 4) is 0 Å². The molecule has 1 aromatic heterocycles. The van der Waals surface area contributed by atoms with Crippen LogP contribution in [0.2, 0.25) is 0 Å². The molecule has 108 valence electrons. The van der Waals surface area contributed by atoms with Crippen molar-refractivity contribution in [3.05, 3.63) is 40.3 Å². The predicted molar refractivity (Wildman–Crippen MR) is 83.1 cm³/mol. The van der Waals surface area contributed by atoms with Gasteiger partial charge in [-0.25, -0.2) is 4.98 Å². The Hall–Kier alpha value is -1.68. The molecule has 0 saturated heterocycles. The normalized spacial score (nSPS) is 12.8. The first-order chi connectivity index (χ1) is 9.63. The highest BCUT2D eigenvalue weighted by Crippen LogP contribution is 2.11. The van der Waals surface area contributed by atoms with Crippen LogP contribution in [0.25, 0.3) is 11.0 Å². The fourth-order valence-electron chi connectivity index (χ4n) is 2.41. The molecule has 0 aliphatic heterocycles. The van der Waals surface area contributed by atoms with E-state index in [4.69, 9.17) is 0 Å². The summed E-state index contributed by atoms with van der Waals surface area (Å²) in [6, 6.07) is 8.37. The van der Waals surface area contributed by atoms with Gasteiger partial charge in [-0.05, 0) is 45.9 Å². The molecule has 0 radical (unpaired) electrons. The predicted octanol–water partition coefficient (Wildman–Crippen LogP) is 2.48. The van der Waals surface area contributed by atoms with Gasteiger partial charge < -0.3 is 9.88 Å². The summed E-state index contributed by atoms with van der Waals surface area (Å²) in [4.78, 5) is 16.6. The standard InChI is InChI=1S/C16H23N3O/c1-12(17-3)8-6-7-11-19-15-10-5-4-9-14(15)18-13(2)16(19)20/h4-5,9-10,12,17H,6-8,11H2,1-3H3. The molecular weight excluding hydrogens is 250 g/mol. The topological polar surface area (TPSA) is 46.9 Å². The van der Waals surface area contributed by atoms with E-state index in [1.54, 1.807) is 6.92 Å². The highest BCUT2D eigenvalue weighted by atomic mass is 16.1. The number of hydrogen-bond donors (Lipinski definition) is 1. The van der Waals surface area contributed by atoms with Crippen molar-refractivity contribution < 1.29 is 0 Å². The van der Waals surface area contributed by atoms with Gasteiger partial charge in [-0.1, -0.05) is 18.6 Å². The smallest absolute Gasteiger partial charge is 0.272 e. The first-order valence-corrected chi connectivity index (χ1v) is 7.27. The van der Waals surface area contributed by atoms with Gasteiger partial charge in [-0.15, -0.1) is 0 Å². The zero-order valence-corrected chi connectivity index (χ0v) is 12.5. The number of benzene rings is 1. The van der Waals surface area contributed by atoms with Crippen molar-refractivity contribution in [1.29, 1.82) is 0 Å². The molecule has 0 aliphatic rings. The maximum absolute atomic E-state index is 12.3. The second kappa shape index (κ2) is 6.66. The Bertz CT molecular complexity index is 633. The molecular formula is C16H23N3O. The van der Waals surface area contributed by atoms with Gasteiger partial charge in [0.25, 0.3) is 5.56 Å². The first kappa shape index (κ1) is 14.7. The second-order valence-corrected chi connectivity index (χ2v) is 5.33. The molecule has 4 heteroatoms. The Morgan fingerprint density at radius 1 is 1.30 bits per heavy atom. The Labute approximate surface area is 119 Å². The summed E-state index contributed by atoms with van der Waals surface area (Å²) in [6.45, 7) is 4.73. The number of fused-ring (bicyclic) bond motifs is 1. The third-order valence-corrected chi connectivity index (χ3v) is 3.78. The molecule has 1 heterocycles. The van der Waals surface area contributed by atoms with Gasteiger partial charge in [-0.3, -0.25) is 4.79 Å². The molecule has 0 amide bonds. The van der Waals surface area contributed by atoms with Gasteiger partial charge in [0.15, 0.2) is 0 Å². The van der Waals surface area contributed by atoms with Gasteiger partial charge in [0.05, 0.1) is 11.0 Å². The fraction of sp³-hybridized carbons (Fsp3) is 0.500. The number of nitrogens with zero attached hydrogens (tertiary/aromatic N) is 2. The van der Waals surface area contributed by atoms with Crippen molar-refractivity contribution in [2.45, 2.75) is 45.7 Å². The number of hydrogen-bond acceptors (Lipinski definition) is 3. The number of unbranched alkanes of at least 4 members (excludes halogenated alkanes) is 1. The van der Waals surface area contributed by atoms with Crippen molar-refractivity contribution in [2.24, 2.45) is 0 Å². The van der Waals surface area contributed by atoms with Crippen molar-refractivity contribution in [2.75, 3.05) is 7.05 Å². The minimum atomic E-state index is 0.0327. The highest BCUT2D eigenvalue weighted by Gasteiger charge is 2.07. The zero-order valence-electron chi connectivity index (χ0n) is 12.5. The van der Waals surface area contributed by atoms with E-state index in [0.29, 0.717) is 11.7 Å². The summed E-state index contributed by atoms with van der Waals surface area (Å²) >= 11 is 0.